The molecule has 0 radical (unpaired) electrons. The lowest BCUT2D eigenvalue weighted by molar-refractivity contribution is 0.0303. The van der Waals surface area contributed by atoms with Gasteiger partial charge in [0.2, 0.25) is 10.0 Å². The Hall–Kier alpha value is -3.00. The molecule has 13 heteroatoms. The zero-order valence-electron chi connectivity index (χ0n) is 23.2. The first-order valence-electron chi connectivity index (χ1n) is 14.1. The van der Waals surface area contributed by atoms with Crippen molar-refractivity contribution in [3.05, 3.63) is 45.8 Å². The van der Waals surface area contributed by atoms with Gasteiger partial charge in [-0.3, -0.25) is 9.59 Å². The molecule has 3 aliphatic rings. The minimum atomic E-state index is -3.63. The summed E-state index contributed by atoms with van der Waals surface area (Å²) in [5.74, 6) is -0.620. The van der Waals surface area contributed by atoms with E-state index in [1.165, 1.54) is 39.9 Å². The van der Waals surface area contributed by atoms with Crippen molar-refractivity contribution < 1.29 is 32.3 Å². The summed E-state index contributed by atoms with van der Waals surface area (Å²) < 4.78 is 38.4. The molecule has 3 amide bonds. The number of benzene rings is 1. The van der Waals surface area contributed by atoms with E-state index < -0.39 is 22.0 Å². The maximum absolute atomic E-state index is 13.7. The van der Waals surface area contributed by atoms with E-state index in [2.05, 4.69) is 5.32 Å². The average Bonchev–Trinajstić information content (AvgIpc) is 3.13. The highest BCUT2D eigenvalue weighted by atomic mass is 32.2. The number of carbonyl (C=O) groups excluding carboxylic acids is 3. The van der Waals surface area contributed by atoms with Crippen molar-refractivity contribution in [1.29, 1.82) is 0 Å². The molecule has 41 heavy (non-hydrogen) atoms. The van der Waals surface area contributed by atoms with Crippen LogP contribution in [0.5, 0.6) is 0 Å². The van der Waals surface area contributed by atoms with Gasteiger partial charge in [-0.1, -0.05) is 12.8 Å². The number of fused-ring (bicyclic) bond motifs is 1. The van der Waals surface area contributed by atoms with E-state index in [-0.39, 0.29) is 23.0 Å². The fourth-order valence-electron chi connectivity index (χ4n) is 5.40. The second kappa shape index (κ2) is 12.9. The Bertz CT molecular complexity index is 1380. The number of rotatable bonds is 6. The van der Waals surface area contributed by atoms with Crippen molar-refractivity contribution >= 4 is 44.3 Å². The van der Waals surface area contributed by atoms with Gasteiger partial charge in [0.15, 0.2) is 0 Å². The van der Waals surface area contributed by atoms with E-state index in [0.717, 1.165) is 36.1 Å². The standard InChI is InChI=1S/C28H36N4O7S2/c1-2-39-28(35)31-14-11-22-23(19-31)40-26(24(22)27(34)30-15-17-38-18-16-30)29-25(33)20-7-9-21(10-8-20)41(36,37)32-12-5-3-4-6-13-32/h7-10H,2-6,11-19H2,1H3,(H,29,33). The van der Waals surface area contributed by atoms with Crippen LogP contribution >= 0.6 is 11.3 Å². The first-order chi connectivity index (χ1) is 19.8. The highest BCUT2D eigenvalue weighted by Crippen LogP contribution is 2.38. The zero-order valence-corrected chi connectivity index (χ0v) is 24.9. The molecule has 0 aliphatic carbocycles. The lowest BCUT2D eigenvalue weighted by Gasteiger charge is -2.29. The van der Waals surface area contributed by atoms with Crippen molar-refractivity contribution in [2.75, 3.05) is 57.9 Å². The van der Waals surface area contributed by atoms with Crippen LogP contribution in [0.25, 0.3) is 0 Å². The maximum atomic E-state index is 13.7. The Balaban J connectivity index is 1.38. The van der Waals surface area contributed by atoms with Crippen LogP contribution in [-0.4, -0.2) is 93.0 Å². The number of sulfonamides is 1. The molecule has 0 bridgehead atoms. The van der Waals surface area contributed by atoms with Gasteiger partial charge in [0.25, 0.3) is 11.8 Å². The van der Waals surface area contributed by atoms with E-state index in [9.17, 15) is 22.8 Å². The van der Waals surface area contributed by atoms with Gasteiger partial charge in [-0.15, -0.1) is 11.3 Å². The van der Waals surface area contributed by atoms with Crippen LogP contribution < -0.4 is 5.32 Å². The van der Waals surface area contributed by atoms with Crippen molar-refractivity contribution in [2.45, 2.75) is 50.5 Å². The molecule has 0 spiro atoms. The third-order valence-corrected chi connectivity index (χ3v) is 10.7. The van der Waals surface area contributed by atoms with Gasteiger partial charge in [-0.05, 0) is 56.0 Å². The largest absolute Gasteiger partial charge is 0.450 e. The summed E-state index contributed by atoms with van der Waals surface area (Å²) in [5, 5.41) is 3.33. The Morgan fingerprint density at radius 2 is 1.63 bits per heavy atom. The second-order valence-corrected chi connectivity index (χ2v) is 13.3. The molecular weight excluding hydrogens is 568 g/mol. The van der Waals surface area contributed by atoms with E-state index >= 15 is 0 Å². The third-order valence-electron chi connectivity index (χ3n) is 7.64. The fourth-order valence-corrected chi connectivity index (χ4v) is 8.17. The van der Waals surface area contributed by atoms with Crippen LogP contribution in [0, 0.1) is 0 Å². The number of hydrogen-bond acceptors (Lipinski definition) is 8. The van der Waals surface area contributed by atoms with Gasteiger partial charge < -0.3 is 24.6 Å². The molecule has 222 valence electrons. The van der Waals surface area contributed by atoms with Crippen LogP contribution in [0.4, 0.5) is 9.80 Å². The van der Waals surface area contributed by atoms with Crippen molar-refractivity contribution in [3.63, 3.8) is 0 Å². The molecule has 0 saturated carbocycles. The number of amides is 3. The summed E-state index contributed by atoms with van der Waals surface area (Å²) in [6.45, 7) is 5.54. The number of carbonyl (C=O) groups is 3. The Morgan fingerprint density at radius 3 is 2.29 bits per heavy atom. The van der Waals surface area contributed by atoms with Gasteiger partial charge in [-0.2, -0.15) is 4.31 Å². The smallest absolute Gasteiger partial charge is 0.410 e. The van der Waals surface area contributed by atoms with Gasteiger partial charge in [0, 0.05) is 43.2 Å². The summed E-state index contributed by atoms with van der Waals surface area (Å²) in [6, 6.07) is 5.93. The van der Waals surface area contributed by atoms with Gasteiger partial charge in [0.05, 0.1) is 36.8 Å². The maximum Gasteiger partial charge on any atom is 0.410 e. The number of anilines is 1. The molecule has 1 aromatic heterocycles. The van der Waals surface area contributed by atoms with E-state index in [4.69, 9.17) is 9.47 Å². The predicted molar refractivity (Wildman–Crippen MR) is 154 cm³/mol. The van der Waals surface area contributed by atoms with E-state index in [1.54, 1.807) is 16.7 Å². The Labute approximate surface area is 244 Å². The fraction of sp³-hybridized carbons (Fsp3) is 0.536. The monoisotopic (exact) mass is 604 g/mol. The van der Waals surface area contributed by atoms with Crippen molar-refractivity contribution in [1.82, 2.24) is 14.1 Å². The molecule has 1 N–H and O–H groups in total. The van der Waals surface area contributed by atoms with Crippen LogP contribution in [0.1, 0.15) is 63.8 Å². The molecule has 3 aliphatic heterocycles. The predicted octanol–water partition coefficient (Wildman–Crippen LogP) is 3.55. The molecule has 5 rings (SSSR count). The summed E-state index contributed by atoms with van der Waals surface area (Å²) in [7, 11) is -3.63. The quantitative estimate of drug-likeness (QED) is 0.535. The van der Waals surface area contributed by atoms with E-state index in [1.807, 2.05) is 0 Å². The van der Waals surface area contributed by atoms with Gasteiger partial charge >= 0.3 is 6.09 Å². The Kier molecular flexibility index (Phi) is 9.27. The lowest BCUT2D eigenvalue weighted by atomic mass is 10.0. The minimum Gasteiger partial charge on any atom is -0.450 e. The minimum absolute atomic E-state index is 0.157. The first kappa shape index (κ1) is 29.5. The number of nitrogens with one attached hydrogen (secondary N) is 1. The molecule has 2 fully saturated rings. The molecule has 0 unspecified atom stereocenters. The summed E-state index contributed by atoms with van der Waals surface area (Å²) in [5.41, 5.74) is 1.56. The molecule has 2 aromatic rings. The third kappa shape index (κ3) is 6.42. The molecule has 2 saturated heterocycles. The second-order valence-electron chi connectivity index (χ2n) is 10.3. The number of nitrogens with zero attached hydrogens (tertiary/aromatic N) is 3. The highest BCUT2D eigenvalue weighted by Gasteiger charge is 2.33. The topological polar surface area (TPSA) is 126 Å². The van der Waals surface area contributed by atoms with E-state index in [0.29, 0.717) is 69.5 Å². The average molecular weight is 605 g/mol. The summed E-state index contributed by atoms with van der Waals surface area (Å²) >= 11 is 1.28. The molecular formula is C28H36N4O7S2. The number of morpholine rings is 1. The van der Waals surface area contributed by atoms with Crippen molar-refractivity contribution in [2.24, 2.45) is 0 Å². The van der Waals surface area contributed by atoms with Crippen LogP contribution in [0.3, 0.4) is 0 Å². The van der Waals surface area contributed by atoms with Crippen molar-refractivity contribution in [3.8, 4) is 0 Å². The van der Waals surface area contributed by atoms with Gasteiger partial charge in [0.1, 0.15) is 5.00 Å². The SMILES string of the molecule is CCOC(=O)N1CCc2c(sc(NC(=O)c3ccc(S(=O)(=O)N4CCCCCC4)cc3)c2C(=O)N2CCOCC2)C1. The van der Waals surface area contributed by atoms with Crippen LogP contribution in [-0.2, 0) is 32.5 Å². The zero-order chi connectivity index (χ0) is 29.0. The van der Waals surface area contributed by atoms with Crippen LogP contribution in [0.2, 0.25) is 0 Å². The normalized spacial score (nSPS) is 18.4. The molecule has 1 aromatic carbocycles. The summed E-state index contributed by atoms with van der Waals surface area (Å²) in [4.78, 5) is 43.7. The van der Waals surface area contributed by atoms with Crippen LogP contribution in [0.15, 0.2) is 29.2 Å². The highest BCUT2D eigenvalue weighted by molar-refractivity contribution is 7.89. The molecule has 4 heterocycles. The number of thiophene rings is 1. The Morgan fingerprint density at radius 1 is 0.951 bits per heavy atom. The molecule has 0 atom stereocenters. The lowest BCUT2D eigenvalue weighted by Crippen LogP contribution is -2.41. The molecule has 11 nitrogen and oxygen atoms in total. The summed E-state index contributed by atoms with van der Waals surface area (Å²) in [6.07, 6.45) is 3.78. The number of hydrogen-bond donors (Lipinski definition) is 1. The number of ether oxygens (including phenoxy) is 2. The van der Waals surface area contributed by atoms with Gasteiger partial charge in [-0.25, -0.2) is 13.2 Å². The first-order valence-corrected chi connectivity index (χ1v) is 16.4.